The van der Waals surface area contributed by atoms with Crippen LogP contribution in [0.15, 0.2) is 84.9 Å². The fourth-order valence-corrected chi connectivity index (χ4v) is 7.36. The molecule has 3 heterocycles. The van der Waals surface area contributed by atoms with Crippen molar-refractivity contribution in [1.29, 1.82) is 0 Å². The Bertz CT molecular complexity index is 1370. The van der Waals surface area contributed by atoms with Gasteiger partial charge >= 0.3 is 0 Å². The number of nitrogens with zero attached hydrogens (tertiary/aromatic N) is 2. The molecular formula is C32H35N3O2. The maximum absolute atomic E-state index is 12.9. The molecule has 0 spiro atoms. The van der Waals surface area contributed by atoms with Crippen molar-refractivity contribution in [1.82, 2.24) is 9.88 Å². The molecule has 1 fully saturated rings. The first kappa shape index (κ1) is 23.9. The zero-order valence-corrected chi connectivity index (χ0v) is 21.4. The summed E-state index contributed by atoms with van der Waals surface area (Å²) in [7, 11) is 0. The van der Waals surface area contributed by atoms with Crippen LogP contribution in [-0.4, -0.2) is 33.4 Å². The molecule has 0 amide bonds. The summed E-state index contributed by atoms with van der Waals surface area (Å²) >= 11 is 0. The maximum Gasteiger partial charge on any atom is 0.235 e. The normalized spacial score (nSPS) is 25.5. The van der Waals surface area contributed by atoms with E-state index >= 15 is 0 Å². The summed E-state index contributed by atoms with van der Waals surface area (Å²) in [5, 5.41) is 14.2. The number of piperidine rings is 1. The lowest BCUT2D eigenvalue weighted by Crippen LogP contribution is -2.61. The number of hydrogen-bond acceptors (Lipinski definition) is 3. The van der Waals surface area contributed by atoms with Crippen LogP contribution in [0.5, 0.6) is 0 Å². The van der Waals surface area contributed by atoms with Crippen LogP contribution in [-0.2, 0) is 12.8 Å². The van der Waals surface area contributed by atoms with Crippen molar-refractivity contribution in [3.05, 3.63) is 117 Å². The topological polar surface area (TPSA) is 62.2 Å². The minimum Gasteiger partial charge on any atom is -0.357 e. The molecule has 1 aromatic heterocycles. The molecule has 37 heavy (non-hydrogen) atoms. The lowest BCUT2D eigenvalue weighted by Gasteiger charge is -2.53. The summed E-state index contributed by atoms with van der Waals surface area (Å²) in [6.07, 6.45) is 4.53. The Morgan fingerprint density at radius 2 is 1.65 bits per heavy atom. The Hall–Kier alpha value is -3.44. The largest absolute Gasteiger partial charge is 0.357 e. The second-order valence-electron chi connectivity index (χ2n) is 10.8. The van der Waals surface area contributed by atoms with Crippen molar-refractivity contribution < 1.29 is 4.92 Å². The second-order valence-corrected chi connectivity index (χ2v) is 10.8. The van der Waals surface area contributed by atoms with Gasteiger partial charge in [-0.15, -0.1) is 0 Å². The van der Waals surface area contributed by atoms with E-state index in [4.69, 9.17) is 0 Å². The number of H-pyrrole nitrogens is 1. The molecule has 0 unspecified atom stereocenters. The van der Waals surface area contributed by atoms with Crippen molar-refractivity contribution in [3.8, 4) is 0 Å². The molecule has 1 saturated heterocycles. The minimum absolute atomic E-state index is 0.0485. The predicted octanol–water partition coefficient (Wildman–Crippen LogP) is 6.93. The molecule has 0 bridgehead atoms. The number of rotatable bonds is 7. The van der Waals surface area contributed by atoms with Crippen LogP contribution in [0, 0.1) is 16.0 Å². The van der Waals surface area contributed by atoms with E-state index in [-0.39, 0.29) is 28.8 Å². The molecule has 5 nitrogen and oxygen atoms in total. The first-order chi connectivity index (χ1) is 18.2. The molecule has 0 radical (unpaired) electrons. The summed E-state index contributed by atoms with van der Waals surface area (Å²) in [6.45, 7) is 3.08. The highest BCUT2D eigenvalue weighted by Gasteiger charge is 2.56. The van der Waals surface area contributed by atoms with Crippen LogP contribution in [0.1, 0.15) is 60.5 Å². The Kier molecular flexibility index (Phi) is 6.56. The fourth-order valence-electron chi connectivity index (χ4n) is 7.36. The molecule has 1 N–H and O–H groups in total. The Morgan fingerprint density at radius 1 is 0.946 bits per heavy atom. The maximum atomic E-state index is 12.9. The molecule has 6 rings (SSSR count). The van der Waals surface area contributed by atoms with Crippen molar-refractivity contribution >= 4 is 10.9 Å². The number of hydrogen-bond donors (Lipinski definition) is 1. The molecular weight excluding hydrogens is 458 g/mol. The molecule has 2 aliphatic heterocycles. The average Bonchev–Trinajstić information content (AvgIpc) is 3.32. The van der Waals surface area contributed by atoms with E-state index in [2.05, 4.69) is 77.5 Å². The third-order valence-electron chi connectivity index (χ3n) is 8.80. The quantitative estimate of drug-likeness (QED) is 0.224. The number of aromatic amines is 1. The Morgan fingerprint density at radius 3 is 2.38 bits per heavy atom. The number of para-hydroxylation sites is 1. The van der Waals surface area contributed by atoms with E-state index in [1.807, 2.05) is 24.3 Å². The second kappa shape index (κ2) is 10.1. The van der Waals surface area contributed by atoms with Gasteiger partial charge in [-0.2, -0.15) is 0 Å². The molecule has 5 heteroatoms. The van der Waals surface area contributed by atoms with Gasteiger partial charge in [0.15, 0.2) is 0 Å². The molecule has 3 aromatic carbocycles. The fraction of sp³-hybridized carbons (Fsp3) is 0.375. The van der Waals surface area contributed by atoms with E-state index in [1.165, 1.54) is 27.7 Å². The Balaban J connectivity index is 1.50. The van der Waals surface area contributed by atoms with E-state index < -0.39 is 6.04 Å². The molecule has 2 aliphatic rings. The molecule has 4 aromatic rings. The third kappa shape index (κ3) is 4.25. The van der Waals surface area contributed by atoms with E-state index in [1.54, 1.807) is 0 Å². The van der Waals surface area contributed by atoms with Crippen molar-refractivity contribution in [2.45, 2.75) is 63.1 Å². The summed E-state index contributed by atoms with van der Waals surface area (Å²) < 4.78 is 0. The summed E-state index contributed by atoms with van der Waals surface area (Å²) in [4.78, 5) is 19.3. The van der Waals surface area contributed by atoms with Gasteiger partial charge in [0.25, 0.3) is 0 Å². The standard InChI is InChI=1S/C32H35N3O2/c1-2-11-26-29(23-14-7-4-8-15-23)32(35(36)37)28(19-18-22-12-5-3-6-13-22)34-21-20-25-24-16-9-10-17-27(24)33-30(25)31(26)34/h3-10,12-17,26,28-29,31-33H,2,11,18-21H2,1H3/t26-,28+,29-,31-,32-/m1/s1. The number of nitro groups is 1. The average molecular weight is 494 g/mol. The van der Waals surface area contributed by atoms with Crippen molar-refractivity contribution in [3.63, 3.8) is 0 Å². The summed E-state index contributed by atoms with van der Waals surface area (Å²) in [6, 6.07) is 28.7. The van der Waals surface area contributed by atoms with Gasteiger partial charge in [-0.3, -0.25) is 15.0 Å². The van der Waals surface area contributed by atoms with Gasteiger partial charge in [-0.1, -0.05) is 92.2 Å². The van der Waals surface area contributed by atoms with Crippen LogP contribution in [0.2, 0.25) is 0 Å². The summed E-state index contributed by atoms with van der Waals surface area (Å²) in [5.41, 5.74) is 6.23. The molecule has 5 atom stereocenters. The lowest BCUT2D eigenvalue weighted by atomic mass is 9.66. The van der Waals surface area contributed by atoms with Crippen LogP contribution in [0.25, 0.3) is 10.9 Å². The van der Waals surface area contributed by atoms with Crippen LogP contribution in [0.4, 0.5) is 0 Å². The van der Waals surface area contributed by atoms with Crippen LogP contribution < -0.4 is 0 Å². The van der Waals surface area contributed by atoms with Crippen LogP contribution in [0.3, 0.4) is 0 Å². The highest BCUT2D eigenvalue weighted by atomic mass is 16.6. The molecule has 190 valence electrons. The van der Waals surface area contributed by atoms with Gasteiger partial charge in [0.2, 0.25) is 6.04 Å². The predicted molar refractivity (Wildman–Crippen MR) is 148 cm³/mol. The first-order valence-corrected chi connectivity index (χ1v) is 13.7. The lowest BCUT2D eigenvalue weighted by molar-refractivity contribution is -0.542. The smallest absolute Gasteiger partial charge is 0.235 e. The monoisotopic (exact) mass is 493 g/mol. The molecule has 0 aliphatic carbocycles. The van der Waals surface area contributed by atoms with Gasteiger partial charge < -0.3 is 4.98 Å². The Labute approximate surface area is 218 Å². The van der Waals surface area contributed by atoms with Gasteiger partial charge in [-0.05, 0) is 54.4 Å². The summed E-state index contributed by atoms with van der Waals surface area (Å²) in [5.74, 6) is 0.0402. The zero-order valence-electron chi connectivity index (χ0n) is 21.4. The van der Waals surface area contributed by atoms with Gasteiger partial charge in [0, 0.05) is 28.1 Å². The van der Waals surface area contributed by atoms with Crippen molar-refractivity contribution in [2.24, 2.45) is 5.92 Å². The van der Waals surface area contributed by atoms with E-state index in [0.29, 0.717) is 0 Å². The number of aromatic nitrogens is 1. The first-order valence-electron chi connectivity index (χ1n) is 13.7. The number of aryl methyl sites for hydroxylation is 1. The van der Waals surface area contributed by atoms with E-state index in [0.717, 1.165) is 44.2 Å². The minimum atomic E-state index is -0.634. The SMILES string of the molecule is CCC[C@@H]1[C@@H](c2ccccc2)[C@H]([N+](=O)[O-])[C@H](CCc2ccccc2)N2CCc3c([nH]c4ccccc34)[C@@H]12. The van der Waals surface area contributed by atoms with Gasteiger partial charge in [0.1, 0.15) is 0 Å². The highest BCUT2D eigenvalue weighted by molar-refractivity contribution is 5.85. The van der Waals surface area contributed by atoms with Gasteiger partial charge in [-0.25, -0.2) is 0 Å². The number of fused-ring (bicyclic) bond motifs is 5. The van der Waals surface area contributed by atoms with Crippen LogP contribution >= 0.6 is 0 Å². The molecule has 0 saturated carbocycles. The number of nitrogens with one attached hydrogen (secondary N) is 1. The number of benzene rings is 3. The van der Waals surface area contributed by atoms with Crippen molar-refractivity contribution in [2.75, 3.05) is 6.54 Å². The zero-order chi connectivity index (χ0) is 25.4. The van der Waals surface area contributed by atoms with Gasteiger partial charge in [0.05, 0.1) is 18.0 Å². The third-order valence-corrected chi connectivity index (χ3v) is 8.80. The van der Waals surface area contributed by atoms with E-state index in [9.17, 15) is 10.1 Å². The highest BCUT2D eigenvalue weighted by Crippen LogP contribution is 2.53.